The molecule has 0 amide bonds. The van der Waals surface area contributed by atoms with Crippen LogP contribution in [0.5, 0.6) is 0 Å². The van der Waals surface area contributed by atoms with Gasteiger partial charge in [-0.3, -0.25) is 0 Å². The van der Waals surface area contributed by atoms with Crippen molar-refractivity contribution in [2.24, 2.45) is 33.7 Å². The Bertz CT molecular complexity index is 1150. The Kier molecular flexibility index (Phi) is 5.80. The highest BCUT2D eigenvalue weighted by Gasteiger charge is 2.57. The van der Waals surface area contributed by atoms with Crippen LogP contribution < -0.4 is 4.83 Å². The Morgan fingerprint density at radius 1 is 1.00 bits per heavy atom. The fourth-order valence-electron chi connectivity index (χ4n) is 8.37. The molecule has 2 N–H and O–H groups in total. The number of hydrogen-bond donors (Lipinski definition) is 2. The molecule has 0 heterocycles. The van der Waals surface area contributed by atoms with E-state index in [1.807, 2.05) is 32.9 Å². The van der Waals surface area contributed by atoms with E-state index in [-0.39, 0.29) is 16.9 Å². The molecule has 6 atom stereocenters. The summed E-state index contributed by atoms with van der Waals surface area (Å²) in [7, 11) is -3.72. The largest absolute Gasteiger partial charge is 0.393 e. The van der Waals surface area contributed by atoms with Crippen molar-refractivity contribution >= 4 is 15.7 Å². The number of fused-ring (bicyclic) bond motifs is 5. The third kappa shape index (κ3) is 3.67. The zero-order valence-electron chi connectivity index (χ0n) is 21.3. The summed E-state index contributed by atoms with van der Waals surface area (Å²) in [6.45, 7) is 10.5. The van der Waals surface area contributed by atoms with Gasteiger partial charge in [0.1, 0.15) is 0 Å². The van der Waals surface area contributed by atoms with Gasteiger partial charge in [-0.05, 0) is 106 Å². The first-order chi connectivity index (χ1) is 16.0. The van der Waals surface area contributed by atoms with Gasteiger partial charge >= 0.3 is 0 Å². The second-order valence-electron chi connectivity index (χ2n) is 12.0. The van der Waals surface area contributed by atoms with E-state index < -0.39 is 10.0 Å². The van der Waals surface area contributed by atoms with Crippen molar-refractivity contribution < 1.29 is 13.5 Å². The van der Waals surface area contributed by atoms with Gasteiger partial charge in [0.05, 0.1) is 11.0 Å². The number of aliphatic hydroxyl groups excluding tert-OH is 1. The molecule has 0 aromatic heterocycles. The van der Waals surface area contributed by atoms with E-state index in [1.165, 1.54) is 5.57 Å². The van der Waals surface area contributed by atoms with Gasteiger partial charge in [-0.2, -0.15) is 13.5 Å². The molecule has 5 rings (SSSR count). The predicted molar refractivity (Wildman–Crippen MR) is 136 cm³/mol. The maximum absolute atomic E-state index is 13.2. The smallest absolute Gasteiger partial charge is 0.277 e. The number of aliphatic hydroxyl groups is 1. The van der Waals surface area contributed by atoms with Crippen LogP contribution in [-0.2, 0) is 10.0 Å². The molecule has 0 saturated heterocycles. The summed E-state index contributed by atoms with van der Waals surface area (Å²) in [5.41, 5.74) is 5.27. The molecule has 4 aliphatic carbocycles. The molecule has 3 unspecified atom stereocenters. The van der Waals surface area contributed by atoms with E-state index in [0.717, 1.165) is 73.8 Å². The summed E-state index contributed by atoms with van der Waals surface area (Å²) in [5.74, 6) is 1.82. The monoisotopic (exact) mass is 484 g/mol. The van der Waals surface area contributed by atoms with Crippen LogP contribution >= 0.6 is 0 Å². The summed E-state index contributed by atoms with van der Waals surface area (Å²) in [4.78, 5) is 2.98. The van der Waals surface area contributed by atoms with Gasteiger partial charge in [0, 0.05) is 11.1 Å². The SMILES string of the molecule is Cc1cc(C)c(S(=O)(=O)N/N=C2\CCC3C4CC=C5C[C@@H](O)CC[C@]5(C)C4CC[C@]23C)c(C)c1. The molecule has 3 saturated carbocycles. The number of sulfonamides is 1. The first-order valence-electron chi connectivity index (χ1n) is 13.0. The molecule has 34 heavy (non-hydrogen) atoms. The van der Waals surface area contributed by atoms with E-state index in [1.54, 1.807) is 0 Å². The average molecular weight is 485 g/mol. The molecular formula is C28H40N2O3S. The molecule has 3 fully saturated rings. The normalized spacial score (nSPS) is 38.6. The van der Waals surface area contributed by atoms with Crippen LogP contribution in [0, 0.1) is 49.4 Å². The molecule has 0 aliphatic heterocycles. The van der Waals surface area contributed by atoms with Crippen molar-refractivity contribution in [1.29, 1.82) is 0 Å². The highest BCUT2D eigenvalue weighted by Crippen LogP contribution is 2.64. The van der Waals surface area contributed by atoms with Crippen LogP contribution in [-0.4, -0.2) is 25.3 Å². The lowest BCUT2D eigenvalue weighted by atomic mass is 9.48. The first kappa shape index (κ1) is 24.1. The topological polar surface area (TPSA) is 78.8 Å². The van der Waals surface area contributed by atoms with Gasteiger partial charge in [0.15, 0.2) is 0 Å². The van der Waals surface area contributed by atoms with Crippen molar-refractivity contribution in [1.82, 2.24) is 4.83 Å². The molecule has 4 aliphatic rings. The summed E-state index contributed by atoms with van der Waals surface area (Å²) in [5, 5.41) is 14.8. The maximum Gasteiger partial charge on any atom is 0.277 e. The lowest BCUT2D eigenvalue weighted by molar-refractivity contribution is -0.0209. The Morgan fingerprint density at radius 2 is 1.65 bits per heavy atom. The number of aryl methyl sites for hydroxylation is 3. The first-order valence-corrected chi connectivity index (χ1v) is 14.5. The van der Waals surface area contributed by atoms with Gasteiger partial charge in [0.25, 0.3) is 10.0 Å². The summed E-state index contributed by atoms with van der Waals surface area (Å²) in [6.07, 6.45) is 10.4. The summed E-state index contributed by atoms with van der Waals surface area (Å²) >= 11 is 0. The number of benzene rings is 1. The second-order valence-corrected chi connectivity index (χ2v) is 13.6. The van der Waals surface area contributed by atoms with Crippen molar-refractivity contribution in [2.45, 2.75) is 97.0 Å². The molecule has 0 bridgehead atoms. The number of rotatable bonds is 3. The van der Waals surface area contributed by atoms with Crippen molar-refractivity contribution in [3.8, 4) is 0 Å². The van der Waals surface area contributed by atoms with Crippen molar-refractivity contribution in [2.75, 3.05) is 0 Å². The molecule has 186 valence electrons. The lowest BCUT2D eigenvalue weighted by Gasteiger charge is -2.57. The zero-order valence-corrected chi connectivity index (χ0v) is 22.1. The fourth-order valence-corrected chi connectivity index (χ4v) is 9.65. The maximum atomic E-state index is 13.2. The minimum Gasteiger partial charge on any atom is -0.393 e. The fraction of sp³-hybridized carbons (Fsp3) is 0.679. The van der Waals surface area contributed by atoms with Gasteiger partial charge < -0.3 is 5.11 Å². The Labute approximate surface area is 205 Å². The molecular weight excluding hydrogens is 444 g/mol. The van der Waals surface area contributed by atoms with Crippen molar-refractivity contribution in [3.05, 3.63) is 40.5 Å². The average Bonchev–Trinajstić information content (AvgIpc) is 3.08. The van der Waals surface area contributed by atoms with Crippen molar-refractivity contribution in [3.63, 3.8) is 0 Å². The number of nitrogens with one attached hydrogen (secondary N) is 1. The minimum atomic E-state index is -3.72. The number of hydrogen-bond acceptors (Lipinski definition) is 4. The van der Waals surface area contributed by atoms with Gasteiger partial charge in [-0.1, -0.05) is 43.2 Å². The van der Waals surface area contributed by atoms with Crippen LogP contribution in [0.3, 0.4) is 0 Å². The minimum absolute atomic E-state index is 0.0447. The van der Waals surface area contributed by atoms with E-state index in [2.05, 4.69) is 29.9 Å². The Hall–Kier alpha value is -1.66. The van der Waals surface area contributed by atoms with Gasteiger partial charge in [-0.15, -0.1) is 0 Å². The van der Waals surface area contributed by atoms with Crippen LogP contribution in [0.2, 0.25) is 0 Å². The number of hydrazone groups is 1. The zero-order chi connectivity index (χ0) is 24.5. The van der Waals surface area contributed by atoms with E-state index in [9.17, 15) is 13.5 Å². The van der Waals surface area contributed by atoms with E-state index in [0.29, 0.717) is 22.6 Å². The summed E-state index contributed by atoms with van der Waals surface area (Å²) < 4.78 is 26.4. The van der Waals surface area contributed by atoms with Crippen LogP contribution in [0.15, 0.2) is 33.8 Å². The Morgan fingerprint density at radius 3 is 2.35 bits per heavy atom. The summed E-state index contributed by atoms with van der Waals surface area (Å²) in [6, 6.07) is 3.83. The molecule has 1 aromatic carbocycles. The molecule has 5 nitrogen and oxygen atoms in total. The second kappa shape index (κ2) is 8.19. The van der Waals surface area contributed by atoms with Gasteiger partial charge in [-0.25, -0.2) is 4.83 Å². The van der Waals surface area contributed by atoms with E-state index >= 15 is 0 Å². The standard InChI is InChI=1S/C28H40N2O3S/c1-17-14-18(2)26(19(3)15-17)34(32,33)30-29-25-9-8-23-22-7-6-20-16-21(31)10-12-27(20,4)24(22)11-13-28(23,25)5/h6,14-15,21-24,30-31H,7-13,16H2,1-5H3/b29-25+/t21-,22?,23?,24?,27-,28-/m0/s1. The predicted octanol–water partition coefficient (Wildman–Crippen LogP) is 5.57. The van der Waals surface area contributed by atoms with Gasteiger partial charge in [0.2, 0.25) is 0 Å². The number of allylic oxidation sites excluding steroid dienone is 1. The van der Waals surface area contributed by atoms with E-state index in [4.69, 9.17) is 0 Å². The lowest BCUT2D eigenvalue weighted by Crippen LogP contribution is -2.50. The van der Waals surface area contributed by atoms with Crippen LogP contribution in [0.1, 0.15) is 81.9 Å². The van der Waals surface area contributed by atoms with Crippen LogP contribution in [0.25, 0.3) is 0 Å². The highest BCUT2D eigenvalue weighted by molar-refractivity contribution is 7.89. The Balaban J connectivity index is 1.40. The van der Waals surface area contributed by atoms with Crippen LogP contribution in [0.4, 0.5) is 0 Å². The molecule has 6 heteroatoms. The number of nitrogens with zero attached hydrogens (tertiary/aromatic N) is 1. The third-order valence-corrected chi connectivity index (χ3v) is 11.5. The molecule has 0 spiro atoms. The molecule has 0 radical (unpaired) electrons. The molecule has 1 aromatic rings. The quantitative estimate of drug-likeness (QED) is 0.435. The highest BCUT2D eigenvalue weighted by atomic mass is 32.2. The third-order valence-electron chi connectivity index (χ3n) is 9.99.